The number of carbonyl (C=O) groups excluding carboxylic acids is 1. The minimum absolute atomic E-state index is 0.0125. The van der Waals surface area contributed by atoms with Gasteiger partial charge in [0, 0.05) is 30.2 Å². The Morgan fingerprint density at radius 1 is 0.889 bits per heavy atom. The molecule has 0 saturated carbocycles. The van der Waals surface area contributed by atoms with Crippen LogP contribution in [0.1, 0.15) is 21.5 Å². The van der Waals surface area contributed by atoms with E-state index >= 15 is 0 Å². The molecule has 1 atom stereocenters. The van der Waals surface area contributed by atoms with Crippen LogP contribution in [0, 0.1) is 0 Å². The number of hydrogen-bond acceptors (Lipinski definition) is 3. The fourth-order valence-electron chi connectivity index (χ4n) is 3.41. The Balaban J connectivity index is 1.54. The molecule has 0 spiro atoms. The number of ether oxygens (including phenoxy) is 1. The number of carbonyl (C=O) groups is 1. The van der Waals surface area contributed by atoms with E-state index in [-0.39, 0.29) is 5.78 Å². The van der Waals surface area contributed by atoms with E-state index in [2.05, 4.69) is 29.2 Å². The molecule has 1 aliphatic rings. The van der Waals surface area contributed by atoms with E-state index in [1.54, 1.807) is 24.3 Å². The van der Waals surface area contributed by atoms with Crippen LogP contribution in [-0.2, 0) is 13.1 Å². The quantitative estimate of drug-likeness (QED) is 0.567. The van der Waals surface area contributed by atoms with E-state index in [4.69, 9.17) is 16.3 Å². The molecule has 4 heteroatoms. The molecule has 3 aromatic rings. The first kappa shape index (κ1) is 17.8. The number of benzene rings is 3. The molecule has 0 bridgehead atoms. The third kappa shape index (κ3) is 4.21. The minimum atomic E-state index is -0.581. The van der Waals surface area contributed by atoms with Crippen molar-refractivity contribution in [2.75, 3.05) is 6.54 Å². The largest absolute Gasteiger partial charge is 0.481 e. The molecule has 1 aliphatic heterocycles. The van der Waals surface area contributed by atoms with Crippen molar-refractivity contribution < 1.29 is 9.53 Å². The lowest BCUT2D eigenvalue weighted by molar-refractivity contribution is 0.0701. The Kier molecular flexibility index (Phi) is 5.23. The fourth-order valence-corrected chi connectivity index (χ4v) is 3.53. The van der Waals surface area contributed by atoms with E-state index < -0.39 is 6.10 Å². The van der Waals surface area contributed by atoms with Crippen molar-refractivity contribution in [1.82, 2.24) is 4.90 Å². The lowest BCUT2D eigenvalue weighted by Gasteiger charge is -2.24. The van der Waals surface area contributed by atoms with Gasteiger partial charge >= 0.3 is 0 Å². The van der Waals surface area contributed by atoms with Gasteiger partial charge in [-0.25, -0.2) is 0 Å². The highest BCUT2D eigenvalue weighted by Gasteiger charge is 2.28. The Morgan fingerprint density at radius 3 is 2.11 bits per heavy atom. The van der Waals surface area contributed by atoms with Crippen LogP contribution in [0.15, 0.2) is 78.9 Å². The molecule has 0 aromatic heterocycles. The maximum Gasteiger partial charge on any atom is 0.204 e. The van der Waals surface area contributed by atoms with Gasteiger partial charge in [0.15, 0.2) is 6.10 Å². The SMILES string of the molecule is O=C(c1ccccc1)C(CN1Cc2ccccc2C1)Oc1ccc(Cl)cc1. The normalized spacial score (nSPS) is 14.6. The van der Waals surface area contributed by atoms with Crippen molar-refractivity contribution in [2.24, 2.45) is 0 Å². The van der Waals surface area contributed by atoms with Crippen LogP contribution in [0.2, 0.25) is 5.02 Å². The number of ketones is 1. The number of nitrogens with zero attached hydrogens (tertiary/aromatic N) is 1. The van der Waals surface area contributed by atoms with Crippen molar-refractivity contribution in [3.05, 3.63) is 101 Å². The fraction of sp³-hybridized carbons (Fsp3) is 0.174. The maximum atomic E-state index is 13.1. The Hall–Kier alpha value is -2.62. The third-order valence-corrected chi connectivity index (χ3v) is 5.03. The monoisotopic (exact) mass is 377 g/mol. The van der Waals surface area contributed by atoms with Gasteiger partial charge in [-0.15, -0.1) is 0 Å². The lowest BCUT2D eigenvalue weighted by atomic mass is 10.1. The van der Waals surface area contributed by atoms with Crippen LogP contribution in [0.5, 0.6) is 5.75 Å². The second kappa shape index (κ2) is 7.95. The zero-order valence-electron chi connectivity index (χ0n) is 14.8. The molecule has 0 fully saturated rings. The standard InChI is InChI=1S/C23H20ClNO2/c24-20-10-12-21(13-11-20)27-22(23(26)17-6-2-1-3-7-17)16-25-14-18-8-4-5-9-19(18)15-25/h1-13,22H,14-16H2. The smallest absolute Gasteiger partial charge is 0.204 e. The molecule has 0 saturated heterocycles. The summed E-state index contributed by atoms with van der Waals surface area (Å²) in [7, 11) is 0. The third-order valence-electron chi connectivity index (χ3n) is 4.77. The summed E-state index contributed by atoms with van der Waals surface area (Å²) >= 11 is 5.96. The van der Waals surface area contributed by atoms with E-state index in [1.807, 2.05) is 30.3 Å². The number of rotatable bonds is 6. The van der Waals surface area contributed by atoms with Crippen LogP contribution >= 0.6 is 11.6 Å². The number of halogens is 1. The van der Waals surface area contributed by atoms with Gasteiger partial charge in [0.25, 0.3) is 0 Å². The van der Waals surface area contributed by atoms with E-state index in [0.717, 1.165) is 13.1 Å². The number of fused-ring (bicyclic) bond motifs is 1. The van der Waals surface area contributed by atoms with E-state index in [9.17, 15) is 4.79 Å². The Bertz CT molecular complexity index is 900. The molecular weight excluding hydrogens is 358 g/mol. The highest BCUT2D eigenvalue weighted by atomic mass is 35.5. The molecule has 0 amide bonds. The summed E-state index contributed by atoms with van der Waals surface area (Å²) in [5, 5.41) is 0.642. The average molecular weight is 378 g/mol. The van der Waals surface area contributed by atoms with Gasteiger partial charge < -0.3 is 4.74 Å². The van der Waals surface area contributed by atoms with Gasteiger partial charge in [-0.05, 0) is 35.4 Å². The molecule has 3 aromatic carbocycles. The highest BCUT2D eigenvalue weighted by Crippen LogP contribution is 2.24. The maximum absolute atomic E-state index is 13.1. The molecule has 3 nitrogen and oxygen atoms in total. The van der Waals surface area contributed by atoms with Gasteiger partial charge in [0.1, 0.15) is 5.75 Å². The molecule has 4 rings (SSSR count). The van der Waals surface area contributed by atoms with Crippen molar-refractivity contribution in [1.29, 1.82) is 0 Å². The molecule has 0 aliphatic carbocycles. The van der Waals surface area contributed by atoms with Crippen LogP contribution in [0.4, 0.5) is 0 Å². The minimum Gasteiger partial charge on any atom is -0.481 e. The van der Waals surface area contributed by atoms with Gasteiger partial charge in [-0.2, -0.15) is 0 Å². The van der Waals surface area contributed by atoms with Crippen molar-refractivity contribution in [3.63, 3.8) is 0 Å². The molecule has 136 valence electrons. The van der Waals surface area contributed by atoms with Crippen molar-refractivity contribution in [2.45, 2.75) is 19.2 Å². The lowest BCUT2D eigenvalue weighted by Crippen LogP contribution is -2.38. The summed E-state index contributed by atoms with van der Waals surface area (Å²) in [5.74, 6) is 0.631. The molecular formula is C23H20ClNO2. The van der Waals surface area contributed by atoms with Gasteiger partial charge in [-0.3, -0.25) is 9.69 Å². The summed E-state index contributed by atoms with van der Waals surface area (Å²) in [4.78, 5) is 15.4. The first-order chi connectivity index (χ1) is 13.2. The van der Waals surface area contributed by atoms with Crippen LogP contribution in [0.25, 0.3) is 0 Å². The van der Waals surface area contributed by atoms with Gasteiger partial charge in [-0.1, -0.05) is 66.2 Å². The van der Waals surface area contributed by atoms with Crippen molar-refractivity contribution >= 4 is 17.4 Å². The summed E-state index contributed by atoms with van der Waals surface area (Å²) in [6, 6.07) is 24.8. The second-order valence-corrected chi connectivity index (χ2v) is 7.17. The average Bonchev–Trinajstić information content (AvgIpc) is 3.11. The first-order valence-corrected chi connectivity index (χ1v) is 9.37. The Morgan fingerprint density at radius 2 is 1.48 bits per heavy atom. The van der Waals surface area contributed by atoms with Crippen LogP contribution < -0.4 is 4.74 Å². The molecule has 0 N–H and O–H groups in total. The summed E-state index contributed by atoms with van der Waals surface area (Å²) in [6.07, 6.45) is -0.581. The van der Waals surface area contributed by atoms with Gasteiger partial charge in [0.05, 0.1) is 0 Å². The summed E-state index contributed by atoms with van der Waals surface area (Å²) < 4.78 is 6.10. The summed E-state index contributed by atoms with van der Waals surface area (Å²) in [5.41, 5.74) is 3.29. The molecule has 1 heterocycles. The Labute approximate surface area is 164 Å². The van der Waals surface area contributed by atoms with E-state index in [0.29, 0.717) is 22.9 Å². The number of Topliss-reactive ketones (excluding diaryl/α,β-unsaturated/α-hetero) is 1. The highest BCUT2D eigenvalue weighted by molar-refractivity contribution is 6.30. The second-order valence-electron chi connectivity index (χ2n) is 6.73. The number of hydrogen-bond donors (Lipinski definition) is 0. The zero-order valence-corrected chi connectivity index (χ0v) is 15.6. The zero-order chi connectivity index (χ0) is 18.6. The molecule has 0 radical (unpaired) electrons. The topological polar surface area (TPSA) is 29.5 Å². The van der Waals surface area contributed by atoms with E-state index in [1.165, 1.54) is 11.1 Å². The van der Waals surface area contributed by atoms with Crippen LogP contribution in [-0.4, -0.2) is 23.3 Å². The predicted octanol–water partition coefficient (Wildman–Crippen LogP) is 4.99. The molecule has 27 heavy (non-hydrogen) atoms. The summed E-state index contributed by atoms with van der Waals surface area (Å²) in [6.45, 7) is 2.20. The van der Waals surface area contributed by atoms with Gasteiger partial charge in [0.2, 0.25) is 5.78 Å². The van der Waals surface area contributed by atoms with Crippen molar-refractivity contribution in [3.8, 4) is 5.75 Å². The van der Waals surface area contributed by atoms with Crippen LogP contribution in [0.3, 0.4) is 0 Å². The predicted molar refractivity (Wildman–Crippen MR) is 107 cm³/mol. The first-order valence-electron chi connectivity index (χ1n) is 9.00. The molecule has 1 unspecified atom stereocenters.